The van der Waals surface area contributed by atoms with Gasteiger partial charge in [-0.15, -0.1) is 0 Å². The SMILES string of the molecule is CCC(N)C(c1cccc(C)c1)N(CCO)C(CC)CC. The molecular formula is C18H32N2O. The van der Waals surface area contributed by atoms with Crippen molar-refractivity contribution in [2.24, 2.45) is 5.73 Å². The Balaban J connectivity index is 3.19. The first-order chi connectivity index (χ1) is 10.1. The van der Waals surface area contributed by atoms with E-state index in [-0.39, 0.29) is 18.7 Å². The number of hydrogen-bond acceptors (Lipinski definition) is 3. The Morgan fingerprint density at radius 3 is 2.29 bits per heavy atom. The van der Waals surface area contributed by atoms with E-state index in [0.717, 1.165) is 19.3 Å². The molecule has 0 radical (unpaired) electrons. The van der Waals surface area contributed by atoms with Gasteiger partial charge in [0.15, 0.2) is 0 Å². The van der Waals surface area contributed by atoms with E-state index in [0.29, 0.717) is 12.6 Å². The van der Waals surface area contributed by atoms with Gasteiger partial charge in [-0.3, -0.25) is 4.90 Å². The zero-order chi connectivity index (χ0) is 15.8. The lowest BCUT2D eigenvalue weighted by molar-refractivity contribution is 0.0814. The number of aliphatic hydroxyl groups is 1. The summed E-state index contributed by atoms with van der Waals surface area (Å²) in [5, 5.41) is 9.50. The van der Waals surface area contributed by atoms with Crippen molar-refractivity contribution < 1.29 is 5.11 Å². The second kappa shape index (κ2) is 9.19. The van der Waals surface area contributed by atoms with Gasteiger partial charge in [-0.1, -0.05) is 50.6 Å². The maximum absolute atomic E-state index is 9.50. The minimum Gasteiger partial charge on any atom is -0.395 e. The van der Waals surface area contributed by atoms with E-state index in [4.69, 9.17) is 5.73 Å². The minimum atomic E-state index is 0.0824. The van der Waals surface area contributed by atoms with Crippen LogP contribution in [-0.2, 0) is 0 Å². The van der Waals surface area contributed by atoms with Crippen LogP contribution in [0.4, 0.5) is 0 Å². The van der Waals surface area contributed by atoms with Gasteiger partial charge >= 0.3 is 0 Å². The third kappa shape index (κ3) is 4.80. The van der Waals surface area contributed by atoms with Crippen molar-refractivity contribution in [3.8, 4) is 0 Å². The molecule has 2 unspecified atom stereocenters. The van der Waals surface area contributed by atoms with Crippen LogP contribution in [-0.4, -0.2) is 35.2 Å². The molecule has 3 nitrogen and oxygen atoms in total. The normalized spacial score (nSPS) is 14.7. The van der Waals surface area contributed by atoms with Crippen molar-refractivity contribution in [3.63, 3.8) is 0 Å². The van der Waals surface area contributed by atoms with Gasteiger partial charge in [0.05, 0.1) is 12.6 Å². The van der Waals surface area contributed by atoms with Gasteiger partial charge in [0.2, 0.25) is 0 Å². The lowest BCUT2D eigenvalue weighted by atomic mass is 9.92. The topological polar surface area (TPSA) is 49.5 Å². The molecule has 0 bridgehead atoms. The molecule has 0 heterocycles. The molecule has 1 aromatic carbocycles. The van der Waals surface area contributed by atoms with Crippen LogP contribution in [0.5, 0.6) is 0 Å². The molecule has 1 aromatic rings. The van der Waals surface area contributed by atoms with Crippen molar-refractivity contribution in [2.45, 2.75) is 65.1 Å². The first-order valence-corrected chi connectivity index (χ1v) is 8.27. The Morgan fingerprint density at radius 1 is 1.14 bits per heavy atom. The largest absolute Gasteiger partial charge is 0.395 e. The first-order valence-electron chi connectivity index (χ1n) is 8.27. The molecule has 0 spiro atoms. The van der Waals surface area contributed by atoms with E-state index in [1.54, 1.807) is 0 Å². The third-order valence-corrected chi connectivity index (χ3v) is 4.39. The predicted octanol–water partition coefficient (Wildman–Crippen LogP) is 3.26. The summed E-state index contributed by atoms with van der Waals surface area (Å²) in [5.41, 5.74) is 8.98. The van der Waals surface area contributed by atoms with Crippen molar-refractivity contribution in [1.82, 2.24) is 4.90 Å². The van der Waals surface area contributed by atoms with Gasteiger partial charge in [-0.2, -0.15) is 0 Å². The van der Waals surface area contributed by atoms with Crippen LogP contribution in [0, 0.1) is 6.92 Å². The summed E-state index contributed by atoms with van der Waals surface area (Å²) in [5.74, 6) is 0. The Bertz CT molecular complexity index is 404. The molecular weight excluding hydrogens is 260 g/mol. The molecule has 0 aromatic heterocycles. The summed E-state index contributed by atoms with van der Waals surface area (Å²) in [6.07, 6.45) is 3.09. The molecule has 2 atom stereocenters. The highest BCUT2D eigenvalue weighted by molar-refractivity contribution is 5.26. The first kappa shape index (κ1) is 18.1. The fourth-order valence-corrected chi connectivity index (χ4v) is 3.18. The number of aryl methyl sites for hydroxylation is 1. The molecule has 3 N–H and O–H groups in total. The highest BCUT2D eigenvalue weighted by Crippen LogP contribution is 2.29. The predicted molar refractivity (Wildman–Crippen MR) is 90.3 cm³/mol. The van der Waals surface area contributed by atoms with Gasteiger partial charge in [-0.25, -0.2) is 0 Å². The second-order valence-electron chi connectivity index (χ2n) is 5.86. The molecule has 0 aliphatic rings. The lowest BCUT2D eigenvalue weighted by Crippen LogP contribution is -2.47. The minimum absolute atomic E-state index is 0.0824. The van der Waals surface area contributed by atoms with Crippen LogP contribution in [0.1, 0.15) is 57.2 Å². The molecule has 0 saturated carbocycles. The number of hydrogen-bond donors (Lipinski definition) is 2. The summed E-state index contributed by atoms with van der Waals surface area (Å²) in [7, 11) is 0. The Morgan fingerprint density at radius 2 is 1.81 bits per heavy atom. The average molecular weight is 292 g/mol. The number of rotatable bonds is 9. The van der Waals surface area contributed by atoms with E-state index >= 15 is 0 Å². The van der Waals surface area contributed by atoms with E-state index in [1.807, 2.05) is 0 Å². The monoisotopic (exact) mass is 292 g/mol. The summed E-state index contributed by atoms with van der Waals surface area (Å²) >= 11 is 0. The molecule has 3 heteroatoms. The molecule has 0 amide bonds. The van der Waals surface area contributed by atoms with Crippen LogP contribution < -0.4 is 5.73 Å². The summed E-state index contributed by atoms with van der Waals surface area (Å²) in [6, 6.07) is 9.33. The van der Waals surface area contributed by atoms with E-state index in [9.17, 15) is 5.11 Å². The van der Waals surface area contributed by atoms with E-state index in [2.05, 4.69) is 56.9 Å². The molecule has 1 rings (SSSR count). The summed E-state index contributed by atoms with van der Waals surface area (Å²) < 4.78 is 0. The fourth-order valence-electron chi connectivity index (χ4n) is 3.18. The van der Waals surface area contributed by atoms with Crippen LogP contribution >= 0.6 is 0 Å². The number of nitrogens with zero attached hydrogens (tertiary/aromatic N) is 1. The highest BCUT2D eigenvalue weighted by Gasteiger charge is 2.29. The molecule has 21 heavy (non-hydrogen) atoms. The smallest absolute Gasteiger partial charge is 0.0558 e. The second-order valence-corrected chi connectivity index (χ2v) is 5.86. The highest BCUT2D eigenvalue weighted by atomic mass is 16.3. The van der Waals surface area contributed by atoms with Gasteiger partial charge in [0, 0.05) is 18.6 Å². The van der Waals surface area contributed by atoms with E-state index in [1.165, 1.54) is 11.1 Å². The number of benzene rings is 1. The molecule has 0 aliphatic carbocycles. The molecule has 0 fully saturated rings. The van der Waals surface area contributed by atoms with Crippen LogP contribution in [0.25, 0.3) is 0 Å². The fraction of sp³-hybridized carbons (Fsp3) is 0.667. The summed E-state index contributed by atoms with van der Waals surface area (Å²) in [4.78, 5) is 2.41. The maximum Gasteiger partial charge on any atom is 0.0558 e. The zero-order valence-electron chi connectivity index (χ0n) is 14.0. The van der Waals surface area contributed by atoms with Gasteiger partial charge in [-0.05, 0) is 31.7 Å². The average Bonchev–Trinajstić information content (AvgIpc) is 2.48. The molecule has 0 saturated heterocycles. The quantitative estimate of drug-likeness (QED) is 0.734. The molecule has 120 valence electrons. The van der Waals surface area contributed by atoms with Crippen molar-refractivity contribution in [1.29, 1.82) is 0 Å². The van der Waals surface area contributed by atoms with Crippen molar-refractivity contribution >= 4 is 0 Å². The number of nitrogens with two attached hydrogens (primary N) is 1. The maximum atomic E-state index is 9.50. The standard InChI is InChI=1S/C18H32N2O/c1-5-16(6-2)20(11-12-21)18(17(19)7-3)15-10-8-9-14(4)13-15/h8-10,13,16-18,21H,5-7,11-12,19H2,1-4H3. The van der Waals surface area contributed by atoms with E-state index < -0.39 is 0 Å². The molecule has 0 aliphatic heterocycles. The van der Waals surface area contributed by atoms with Gasteiger partial charge in [0.25, 0.3) is 0 Å². The van der Waals surface area contributed by atoms with Crippen molar-refractivity contribution in [2.75, 3.05) is 13.2 Å². The van der Waals surface area contributed by atoms with Crippen molar-refractivity contribution in [3.05, 3.63) is 35.4 Å². The lowest BCUT2D eigenvalue weighted by Gasteiger charge is -2.40. The Labute approximate surface area is 130 Å². The summed E-state index contributed by atoms with van der Waals surface area (Å²) in [6.45, 7) is 9.53. The number of aliphatic hydroxyl groups excluding tert-OH is 1. The Hall–Kier alpha value is -0.900. The van der Waals surface area contributed by atoms with Crippen LogP contribution in [0.15, 0.2) is 24.3 Å². The van der Waals surface area contributed by atoms with Gasteiger partial charge in [0.1, 0.15) is 0 Å². The van der Waals surface area contributed by atoms with Crippen LogP contribution in [0.3, 0.4) is 0 Å². The third-order valence-electron chi connectivity index (χ3n) is 4.39. The van der Waals surface area contributed by atoms with Crippen LogP contribution in [0.2, 0.25) is 0 Å². The Kier molecular flexibility index (Phi) is 7.94. The zero-order valence-corrected chi connectivity index (χ0v) is 14.0. The van der Waals surface area contributed by atoms with Gasteiger partial charge < -0.3 is 10.8 Å².